The fourth-order valence-electron chi connectivity index (χ4n) is 1.87. The first-order valence-electron chi connectivity index (χ1n) is 6.21. The van der Waals surface area contributed by atoms with Gasteiger partial charge in [-0.25, -0.2) is 8.78 Å². The Bertz CT molecular complexity index is 664. The van der Waals surface area contributed by atoms with Crippen molar-refractivity contribution in [3.05, 3.63) is 63.1 Å². The molecule has 2 aromatic carbocycles. The van der Waals surface area contributed by atoms with Gasteiger partial charge < -0.3 is 10.4 Å². The van der Waals surface area contributed by atoms with Gasteiger partial charge in [-0.05, 0) is 42.8 Å². The highest BCUT2D eigenvalue weighted by Crippen LogP contribution is 2.29. The van der Waals surface area contributed by atoms with E-state index in [2.05, 4.69) is 5.32 Å². The number of hydrogen-bond donors (Lipinski definition) is 2. The molecule has 0 bridgehead atoms. The molecule has 0 fully saturated rings. The molecule has 0 radical (unpaired) electrons. The predicted octanol–water partition coefficient (Wildman–Crippen LogP) is 4.73. The molecule has 0 spiro atoms. The summed E-state index contributed by atoms with van der Waals surface area (Å²) in [6.07, 6.45) is -1.21. The van der Waals surface area contributed by atoms with E-state index in [0.29, 0.717) is 15.7 Å². The standard InChI is InChI=1S/C15H13Cl2F2NO/c1-8-4-12(17)14(6-11(8)16)20-7-15(21)10-5-9(18)2-3-13(10)19/h2-6,15,20-21H,7H2,1H3. The molecule has 0 aliphatic carbocycles. The van der Waals surface area contributed by atoms with Crippen molar-refractivity contribution in [2.24, 2.45) is 0 Å². The van der Waals surface area contributed by atoms with Gasteiger partial charge in [0.1, 0.15) is 11.6 Å². The minimum atomic E-state index is -1.21. The second kappa shape index (κ2) is 6.60. The van der Waals surface area contributed by atoms with Gasteiger partial charge in [0.25, 0.3) is 0 Å². The third kappa shape index (κ3) is 3.84. The third-order valence-corrected chi connectivity index (χ3v) is 3.77. The Morgan fingerprint density at radius 2 is 1.86 bits per heavy atom. The predicted molar refractivity (Wildman–Crippen MR) is 81.0 cm³/mol. The average Bonchev–Trinajstić information content (AvgIpc) is 2.43. The molecule has 0 heterocycles. The lowest BCUT2D eigenvalue weighted by atomic mass is 10.1. The lowest BCUT2D eigenvalue weighted by Crippen LogP contribution is -2.14. The summed E-state index contributed by atoms with van der Waals surface area (Å²) >= 11 is 12.0. The molecule has 21 heavy (non-hydrogen) atoms. The summed E-state index contributed by atoms with van der Waals surface area (Å²) < 4.78 is 26.6. The molecule has 0 aliphatic rings. The van der Waals surface area contributed by atoms with Crippen molar-refractivity contribution in [1.29, 1.82) is 0 Å². The molecular formula is C15H13Cl2F2NO. The Morgan fingerprint density at radius 1 is 1.14 bits per heavy atom. The van der Waals surface area contributed by atoms with E-state index in [4.69, 9.17) is 23.2 Å². The monoisotopic (exact) mass is 331 g/mol. The van der Waals surface area contributed by atoms with E-state index >= 15 is 0 Å². The quantitative estimate of drug-likeness (QED) is 0.849. The number of benzene rings is 2. The largest absolute Gasteiger partial charge is 0.386 e. The van der Waals surface area contributed by atoms with Gasteiger partial charge in [-0.3, -0.25) is 0 Å². The van der Waals surface area contributed by atoms with Crippen molar-refractivity contribution in [3.63, 3.8) is 0 Å². The maximum atomic E-state index is 13.5. The third-order valence-electron chi connectivity index (χ3n) is 3.05. The van der Waals surface area contributed by atoms with Gasteiger partial charge in [-0.2, -0.15) is 0 Å². The lowest BCUT2D eigenvalue weighted by Gasteiger charge is -2.15. The van der Waals surface area contributed by atoms with Crippen LogP contribution in [0.2, 0.25) is 10.0 Å². The summed E-state index contributed by atoms with van der Waals surface area (Å²) in [6, 6.07) is 6.24. The van der Waals surface area contributed by atoms with E-state index in [9.17, 15) is 13.9 Å². The molecule has 0 saturated carbocycles. The van der Waals surface area contributed by atoms with Crippen LogP contribution in [0.25, 0.3) is 0 Å². The van der Waals surface area contributed by atoms with E-state index in [1.807, 2.05) is 6.92 Å². The Morgan fingerprint density at radius 3 is 2.57 bits per heavy atom. The maximum absolute atomic E-state index is 13.5. The molecule has 2 N–H and O–H groups in total. The number of aliphatic hydroxyl groups is 1. The number of anilines is 1. The smallest absolute Gasteiger partial charge is 0.129 e. The molecular weight excluding hydrogens is 319 g/mol. The second-order valence-corrected chi connectivity index (χ2v) is 5.46. The summed E-state index contributed by atoms with van der Waals surface area (Å²) in [7, 11) is 0. The van der Waals surface area contributed by atoms with Crippen molar-refractivity contribution in [1.82, 2.24) is 0 Å². The highest BCUT2D eigenvalue weighted by atomic mass is 35.5. The summed E-state index contributed by atoms with van der Waals surface area (Å²) in [5.74, 6) is -1.28. The number of nitrogens with one attached hydrogen (secondary N) is 1. The van der Waals surface area contributed by atoms with Crippen LogP contribution >= 0.6 is 23.2 Å². The lowest BCUT2D eigenvalue weighted by molar-refractivity contribution is 0.186. The number of halogens is 4. The van der Waals surface area contributed by atoms with Crippen molar-refractivity contribution >= 4 is 28.9 Å². The molecule has 2 aromatic rings. The Balaban J connectivity index is 2.12. The maximum Gasteiger partial charge on any atom is 0.129 e. The average molecular weight is 332 g/mol. The number of aliphatic hydroxyl groups excluding tert-OH is 1. The molecule has 0 amide bonds. The Hall–Kier alpha value is -1.36. The van der Waals surface area contributed by atoms with Gasteiger partial charge >= 0.3 is 0 Å². The van der Waals surface area contributed by atoms with Crippen LogP contribution in [0.5, 0.6) is 0 Å². The zero-order valence-electron chi connectivity index (χ0n) is 11.1. The van der Waals surface area contributed by atoms with Gasteiger partial charge in [-0.15, -0.1) is 0 Å². The molecule has 2 nitrogen and oxygen atoms in total. The van der Waals surface area contributed by atoms with Crippen LogP contribution < -0.4 is 5.32 Å². The van der Waals surface area contributed by atoms with Gasteiger partial charge in [0.05, 0.1) is 16.8 Å². The van der Waals surface area contributed by atoms with Crippen LogP contribution in [0.1, 0.15) is 17.2 Å². The van der Waals surface area contributed by atoms with E-state index in [0.717, 1.165) is 23.8 Å². The first kappa shape index (κ1) is 16.0. The topological polar surface area (TPSA) is 32.3 Å². The Kier molecular flexibility index (Phi) is 5.04. The van der Waals surface area contributed by atoms with Crippen molar-refractivity contribution < 1.29 is 13.9 Å². The SMILES string of the molecule is Cc1cc(Cl)c(NCC(O)c2cc(F)ccc2F)cc1Cl. The summed E-state index contributed by atoms with van der Waals surface area (Å²) in [6.45, 7) is 1.79. The molecule has 112 valence electrons. The minimum Gasteiger partial charge on any atom is -0.386 e. The number of rotatable bonds is 4. The second-order valence-electron chi connectivity index (χ2n) is 4.64. The Labute approximate surface area is 131 Å². The van der Waals surface area contributed by atoms with Gasteiger partial charge in [0, 0.05) is 17.1 Å². The first-order chi connectivity index (χ1) is 9.88. The summed E-state index contributed by atoms with van der Waals surface area (Å²) in [5, 5.41) is 13.8. The number of hydrogen-bond acceptors (Lipinski definition) is 2. The normalized spacial score (nSPS) is 12.3. The van der Waals surface area contributed by atoms with Gasteiger partial charge in [0.2, 0.25) is 0 Å². The molecule has 6 heteroatoms. The van der Waals surface area contributed by atoms with Crippen LogP contribution in [-0.2, 0) is 0 Å². The summed E-state index contributed by atoms with van der Waals surface area (Å²) in [5.41, 5.74) is 1.23. The van der Waals surface area contributed by atoms with E-state index in [1.165, 1.54) is 0 Å². The van der Waals surface area contributed by atoms with Crippen LogP contribution in [-0.4, -0.2) is 11.7 Å². The highest BCUT2D eigenvalue weighted by molar-refractivity contribution is 6.35. The zero-order valence-corrected chi connectivity index (χ0v) is 12.6. The molecule has 0 aliphatic heterocycles. The van der Waals surface area contributed by atoms with Gasteiger partial charge in [-0.1, -0.05) is 23.2 Å². The van der Waals surface area contributed by atoms with Crippen molar-refractivity contribution in [2.45, 2.75) is 13.0 Å². The van der Waals surface area contributed by atoms with Crippen molar-refractivity contribution in [3.8, 4) is 0 Å². The highest BCUT2D eigenvalue weighted by Gasteiger charge is 2.14. The van der Waals surface area contributed by atoms with Crippen LogP contribution in [0, 0.1) is 18.6 Å². The van der Waals surface area contributed by atoms with E-state index < -0.39 is 17.7 Å². The molecule has 2 rings (SSSR count). The molecule has 0 aromatic heterocycles. The number of aryl methyl sites for hydroxylation is 1. The molecule has 0 saturated heterocycles. The first-order valence-corrected chi connectivity index (χ1v) is 6.96. The fraction of sp³-hybridized carbons (Fsp3) is 0.200. The van der Waals surface area contributed by atoms with Crippen LogP contribution in [0.3, 0.4) is 0 Å². The van der Waals surface area contributed by atoms with Crippen LogP contribution in [0.4, 0.5) is 14.5 Å². The van der Waals surface area contributed by atoms with Gasteiger partial charge in [0.15, 0.2) is 0 Å². The minimum absolute atomic E-state index is 0.0283. The summed E-state index contributed by atoms with van der Waals surface area (Å²) in [4.78, 5) is 0. The fourth-order valence-corrected chi connectivity index (χ4v) is 2.32. The molecule has 1 atom stereocenters. The van der Waals surface area contributed by atoms with Crippen molar-refractivity contribution in [2.75, 3.05) is 11.9 Å². The van der Waals surface area contributed by atoms with E-state index in [-0.39, 0.29) is 12.1 Å². The van der Waals surface area contributed by atoms with Crippen LogP contribution in [0.15, 0.2) is 30.3 Å². The van der Waals surface area contributed by atoms with E-state index in [1.54, 1.807) is 12.1 Å². The zero-order chi connectivity index (χ0) is 15.6. The molecule has 1 unspecified atom stereocenters.